The van der Waals surface area contributed by atoms with Gasteiger partial charge in [-0.1, -0.05) is 17.7 Å². The highest BCUT2D eigenvalue weighted by Gasteiger charge is 2.43. The van der Waals surface area contributed by atoms with Crippen molar-refractivity contribution in [3.05, 3.63) is 41.8 Å². The van der Waals surface area contributed by atoms with Gasteiger partial charge in [-0.25, -0.2) is 14.6 Å². The van der Waals surface area contributed by atoms with Crippen molar-refractivity contribution >= 4 is 34.4 Å². The lowest BCUT2D eigenvalue weighted by Crippen LogP contribution is -2.52. The third-order valence-electron chi connectivity index (χ3n) is 4.51. The summed E-state index contributed by atoms with van der Waals surface area (Å²) in [5.41, 5.74) is 1.29. The van der Waals surface area contributed by atoms with Gasteiger partial charge in [0, 0.05) is 31.2 Å². The van der Waals surface area contributed by atoms with E-state index >= 15 is 0 Å². The lowest BCUT2D eigenvalue weighted by atomic mass is 10.2. The first-order valence-corrected chi connectivity index (χ1v) is 8.78. The fourth-order valence-corrected chi connectivity index (χ4v) is 3.37. The third-order valence-corrected chi connectivity index (χ3v) is 4.74. The minimum Gasteiger partial charge on any atom is -0.352 e. The number of piperazine rings is 1. The van der Waals surface area contributed by atoms with E-state index < -0.39 is 12.1 Å². The van der Waals surface area contributed by atoms with Crippen LogP contribution in [0.1, 0.15) is 0 Å². The largest absolute Gasteiger partial charge is 0.471 e. The Morgan fingerprint density at radius 2 is 1.86 bits per heavy atom. The molecule has 2 aromatic heterocycles. The molecule has 146 valence electrons. The van der Waals surface area contributed by atoms with Crippen LogP contribution < -0.4 is 4.90 Å². The first-order chi connectivity index (χ1) is 13.3. The number of anilines is 1. The van der Waals surface area contributed by atoms with Gasteiger partial charge in [-0.3, -0.25) is 4.79 Å². The summed E-state index contributed by atoms with van der Waals surface area (Å²) in [5.74, 6) is -1.24. The maximum absolute atomic E-state index is 12.6. The van der Waals surface area contributed by atoms with Crippen LogP contribution in [0.15, 0.2) is 36.8 Å². The number of carbonyl (C=O) groups excluding carboxylic acids is 1. The molecule has 1 aliphatic rings. The van der Waals surface area contributed by atoms with E-state index in [4.69, 9.17) is 11.6 Å². The number of rotatable bonds is 2. The van der Waals surface area contributed by atoms with Crippen LogP contribution in [-0.2, 0) is 4.79 Å². The summed E-state index contributed by atoms with van der Waals surface area (Å²) in [5, 5.41) is 5.57. The van der Waals surface area contributed by atoms with E-state index in [1.807, 2.05) is 11.0 Å². The van der Waals surface area contributed by atoms with Gasteiger partial charge in [-0.05, 0) is 18.2 Å². The molecule has 3 heterocycles. The van der Waals surface area contributed by atoms with Crippen LogP contribution in [0.3, 0.4) is 0 Å². The SMILES string of the molecule is O=C(N1CCN(c2ncnc3c2cnn3-c2cccc(Cl)c2)CC1)C(F)(F)F. The van der Waals surface area contributed by atoms with Crippen LogP contribution in [0.25, 0.3) is 16.7 Å². The monoisotopic (exact) mass is 410 g/mol. The Hall–Kier alpha value is -2.88. The Morgan fingerprint density at radius 1 is 1.11 bits per heavy atom. The lowest BCUT2D eigenvalue weighted by molar-refractivity contribution is -0.185. The number of halogens is 4. The molecule has 1 aromatic carbocycles. The molecule has 0 radical (unpaired) electrons. The molecule has 28 heavy (non-hydrogen) atoms. The van der Waals surface area contributed by atoms with Crippen molar-refractivity contribution in [2.24, 2.45) is 0 Å². The van der Waals surface area contributed by atoms with Crippen LogP contribution >= 0.6 is 11.6 Å². The minimum atomic E-state index is -4.86. The number of hydrogen-bond donors (Lipinski definition) is 0. The van der Waals surface area contributed by atoms with E-state index in [1.165, 1.54) is 6.33 Å². The van der Waals surface area contributed by atoms with Crippen LogP contribution in [0, 0.1) is 0 Å². The van der Waals surface area contributed by atoms with E-state index in [1.54, 1.807) is 29.1 Å². The molecular formula is C17H14ClF3N6O. The molecule has 0 N–H and O–H groups in total. The van der Waals surface area contributed by atoms with E-state index in [-0.39, 0.29) is 26.2 Å². The van der Waals surface area contributed by atoms with E-state index in [0.29, 0.717) is 21.9 Å². The number of carbonyl (C=O) groups is 1. The first-order valence-electron chi connectivity index (χ1n) is 8.40. The molecule has 7 nitrogen and oxygen atoms in total. The van der Waals surface area contributed by atoms with Crippen LogP contribution in [0.5, 0.6) is 0 Å². The van der Waals surface area contributed by atoms with Gasteiger partial charge in [-0.15, -0.1) is 0 Å². The average Bonchev–Trinajstić information content (AvgIpc) is 3.11. The molecule has 0 saturated carbocycles. The molecule has 0 bridgehead atoms. The molecule has 4 rings (SSSR count). The summed E-state index contributed by atoms with van der Waals surface area (Å²) < 4.78 is 39.4. The maximum Gasteiger partial charge on any atom is 0.471 e. The molecule has 0 atom stereocenters. The number of hydrogen-bond acceptors (Lipinski definition) is 5. The summed E-state index contributed by atoms with van der Waals surface area (Å²) in [6, 6.07) is 7.13. The zero-order valence-corrected chi connectivity index (χ0v) is 15.2. The first kappa shape index (κ1) is 18.5. The van der Waals surface area contributed by atoms with Crippen molar-refractivity contribution in [2.75, 3.05) is 31.1 Å². The standard InChI is InChI=1S/C17H14ClF3N6O/c18-11-2-1-3-12(8-11)27-15-13(9-24-27)14(22-10-23-15)25-4-6-26(7-5-25)16(28)17(19,20)21/h1-3,8-10H,4-7H2. The Balaban J connectivity index is 1.60. The molecule has 1 fully saturated rings. The van der Waals surface area contributed by atoms with E-state index in [2.05, 4.69) is 15.1 Å². The Kier molecular flexibility index (Phi) is 4.58. The molecule has 0 aliphatic carbocycles. The predicted octanol–water partition coefficient (Wildman–Crippen LogP) is 2.68. The van der Waals surface area contributed by atoms with Gasteiger partial charge in [0.2, 0.25) is 0 Å². The molecular weight excluding hydrogens is 397 g/mol. The van der Waals surface area contributed by atoms with Gasteiger partial charge in [0.1, 0.15) is 12.1 Å². The summed E-state index contributed by atoms with van der Waals surface area (Å²) in [4.78, 5) is 22.6. The highest BCUT2D eigenvalue weighted by molar-refractivity contribution is 6.30. The molecule has 0 spiro atoms. The second-order valence-electron chi connectivity index (χ2n) is 6.25. The van der Waals surface area contributed by atoms with Crippen LogP contribution in [-0.4, -0.2) is 62.9 Å². The maximum atomic E-state index is 12.6. The molecule has 1 amide bonds. The van der Waals surface area contributed by atoms with Crippen molar-refractivity contribution in [2.45, 2.75) is 6.18 Å². The van der Waals surface area contributed by atoms with Crippen LogP contribution in [0.4, 0.5) is 19.0 Å². The highest BCUT2D eigenvalue weighted by Crippen LogP contribution is 2.27. The molecule has 0 unspecified atom stereocenters. The van der Waals surface area contributed by atoms with Crippen molar-refractivity contribution in [1.29, 1.82) is 0 Å². The van der Waals surface area contributed by atoms with Crippen LogP contribution in [0.2, 0.25) is 5.02 Å². The third kappa shape index (κ3) is 3.35. The smallest absolute Gasteiger partial charge is 0.352 e. The predicted molar refractivity (Wildman–Crippen MR) is 96.5 cm³/mol. The number of amides is 1. The molecule has 11 heteroatoms. The zero-order chi connectivity index (χ0) is 19.9. The fourth-order valence-electron chi connectivity index (χ4n) is 3.18. The number of aromatic nitrogens is 4. The quantitative estimate of drug-likeness (QED) is 0.650. The van der Waals surface area contributed by atoms with Gasteiger partial charge < -0.3 is 9.80 Å². The lowest BCUT2D eigenvalue weighted by Gasteiger charge is -2.35. The second kappa shape index (κ2) is 6.93. The summed E-state index contributed by atoms with van der Waals surface area (Å²) in [6.45, 7) is 0.394. The topological polar surface area (TPSA) is 67.2 Å². The number of nitrogens with zero attached hydrogens (tertiary/aromatic N) is 6. The zero-order valence-electron chi connectivity index (χ0n) is 14.4. The molecule has 1 aliphatic heterocycles. The van der Waals surface area contributed by atoms with E-state index in [9.17, 15) is 18.0 Å². The Bertz CT molecular complexity index is 1030. The second-order valence-corrected chi connectivity index (χ2v) is 6.68. The number of benzene rings is 1. The minimum absolute atomic E-state index is 0.0354. The van der Waals surface area contributed by atoms with Gasteiger partial charge in [0.15, 0.2) is 5.65 Å². The average molecular weight is 411 g/mol. The summed E-state index contributed by atoms with van der Waals surface area (Å²) in [6.07, 6.45) is -1.87. The van der Waals surface area contributed by atoms with Gasteiger partial charge in [0.25, 0.3) is 0 Å². The van der Waals surface area contributed by atoms with Crippen molar-refractivity contribution in [3.63, 3.8) is 0 Å². The normalized spacial score (nSPS) is 15.3. The Morgan fingerprint density at radius 3 is 2.54 bits per heavy atom. The van der Waals surface area contributed by atoms with Crippen molar-refractivity contribution < 1.29 is 18.0 Å². The van der Waals surface area contributed by atoms with Gasteiger partial charge in [0.05, 0.1) is 17.3 Å². The van der Waals surface area contributed by atoms with Crippen molar-refractivity contribution in [1.82, 2.24) is 24.6 Å². The highest BCUT2D eigenvalue weighted by atomic mass is 35.5. The molecule has 1 saturated heterocycles. The fraction of sp³-hybridized carbons (Fsp3) is 0.294. The van der Waals surface area contributed by atoms with Gasteiger partial charge in [-0.2, -0.15) is 18.3 Å². The van der Waals surface area contributed by atoms with E-state index in [0.717, 1.165) is 10.6 Å². The summed E-state index contributed by atoms with van der Waals surface area (Å²) in [7, 11) is 0. The number of alkyl halides is 3. The molecule has 3 aromatic rings. The Labute approximate surface area is 162 Å². The number of fused-ring (bicyclic) bond motifs is 1. The van der Waals surface area contributed by atoms with Gasteiger partial charge >= 0.3 is 12.1 Å². The van der Waals surface area contributed by atoms with Crippen molar-refractivity contribution in [3.8, 4) is 5.69 Å². The summed E-state index contributed by atoms with van der Waals surface area (Å²) >= 11 is 6.04.